The van der Waals surface area contributed by atoms with Crippen LogP contribution < -0.4 is 0 Å². The third-order valence-corrected chi connectivity index (χ3v) is 2.35. The van der Waals surface area contributed by atoms with Crippen molar-refractivity contribution in [3.8, 4) is 6.07 Å². The van der Waals surface area contributed by atoms with Gasteiger partial charge in [-0.05, 0) is 20.8 Å². The second kappa shape index (κ2) is 5.32. The van der Waals surface area contributed by atoms with Crippen LogP contribution in [-0.2, 0) is 9.53 Å². The highest BCUT2D eigenvalue weighted by atomic mass is 35.5. The van der Waals surface area contributed by atoms with Crippen LogP contribution in [0.25, 0.3) is 0 Å². The fourth-order valence-electron chi connectivity index (χ4n) is 1.25. The molecule has 1 atom stereocenters. The number of hydrogen-bond donors (Lipinski definition) is 0. The minimum absolute atomic E-state index is 0.00779. The van der Waals surface area contributed by atoms with Crippen molar-refractivity contribution >= 4 is 17.6 Å². The Labute approximate surface area is 109 Å². The zero-order valence-electron chi connectivity index (χ0n) is 10.2. The molecule has 0 aromatic carbocycles. The van der Waals surface area contributed by atoms with Crippen molar-refractivity contribution in [2.75, 3.05) is 0 Å². The Morgan fingerprint density at radius 1 is 1.56 bits per heavy atom. The van der Waals surface area contributed by atoms with Crippen LogP contribution in [0.5, 0.6) is 0 Å². The van der Waals surface area contributed by atoms with Gasteiger partial charge in [0.05, 0.1) is 17.3 Å². The van der Waals surface area contributed by atoms with Crippen LogP contribution in [0.15, 0.2) is 12.4 Å². The molecule has 6 heteroatoms. The van der Waals surface area contributed by atoms with E-state index in [4.69, 9.17) is 21.6 Å². The molecule has 0 N–H and O–H groups in total. The van der Waals surface area contributed by atoms with E-state index in [-0.39, 0.29) is 10.6 Å². The van der Waals surface area contributed by atoms with Crippen LogP contribution in [0.3, 0.4) is 0 Å². The summed E-state index contributed by atoms with van der Waals surface area (Å²) in [6.07, 6.45) is 2.10. The molecule has 0 fully saturated rings. The maximum atomic E-state index is 13.2. The third-order valence-electron chi connectivity index (χ3n) is 1.95. The summed E-state index contributed by atoms with van der Waals surface area (Å²) < 4.78 is 18.3. The fraction of sp³-hybridized carbons (Fsp3) is 0.417. The highest BCUT2D eigenvalue weighted by Crippen LogP contribution is 2.27. The van der Waals surface area contributed by atoms with Gasteiger partial charge in [-0.15, -0.1) is 0 Å². The summed E-state index contributed by atoms with van der Waals surface area (Å²) >= 11 is 5.71. The van der Waals surface area contributed by atoms with Gasteiger partial charge >= 0.3 is 5.97 Å². The molecule has 4 nitrogen and oxygen atoms in total. The zero-order chi connectivity index (χ0) is 13.9. The summed E-state index contributed by atoms with van der Waals surface area (Å²) in [6.45, 7) is 5.01. The van der Waals surface area contributed by atoms with Crippen molar-refractivity contribution < 1.29 is 13.9 Å². The largest absolute Gasteiger partial charge is 0.459 e. The molecule has 1 rings (SSSR count). The van der Waals surface area contributed by atoms with E-state index < -0.39 is 23.3 Å². The van der Waals surface area contributed by atoms with Crippen molar-refractivity contribution in [2.45, 2.75) is 32.3 Å². The molecule has 1 aromatic rings. The van der Waals surface area contributed by atoms with E-state index in [2.05, 4.69) is 4.98 Å². The average Bonchev–Trinajstić information content (AvgIpc) is 2.22. The minimum atomic E-state index is -1.29. The molecular weight excluding hydrogens is 259 g/mol. The summed E-state index contributed by atoms with van der Waals surface area (Å²) in [6, 6.07) is 1.74. The van der Waals surface area contributed by atoms with Crippen LogP contribution in [0.1, 0.15) is 32.3 Å². The normalized spacial score (nSPS) is 12.7. The first-order valence-corrected chi connectivity index (χ1v) is 5.55. The summed E-state index contributed by atoms with van der Waals surface area (Å²) in [5, 5.41) is 8.71. The summed E-state index contributed by atoms with van der Waals surface area (Å²) in [4.78, 5) is 15.4. The number of esters is 1. The van der Waals surface area contributed by atoms with Crippen molar-refractivity contribution in [3.05, 3.63) is 28.8 Å². The molecule has 96 valence electrons. The van der Waals surface area contributed by atoms with Crippen LogP contribution >= 0.6 is 11.6 Å². The fourth-order valence-corrected chi connectivity index (χ4v) is 1.45. The number of hydrogen-bond acceptors (Lipinski definition) is 4. The van der Waals surface area contributed by atoms with Crippen molar-refractivity contribution in [3.63, 3.8) is 0 Å². The molecule has 1 unspecified atom stereocenters. The molecule has 18 heavy (non-hydrogen) atoms. The SMILES string of the molecule is CC(C)(C)OC(=O)C(C#N)c1cncc(F)c1Cl. The van der Waals surface area contributed by atoms with Gasteiger partial charge < -0.3 is 4.74 Å². The topological polar surface area (TPSA) is 63.0 Å². The molecule has 0 saturated carbocycles. The number of ether oxygens (including phenoxy) is 1. The lowest BCUT2D eigenvalue weighted by Crippen LogP contribution is -2.27. The molecular formula is C12H12ClFN2O2. The van der Waals surface area contributed by atoms with Gasteiger partial charge in [0.2, 0.25) is 0 Å². The van der Waals surface area contributed by atoms with Gasteiger partial charge in [0.1, 0.15) is 5.60 Å². The molecule has 0 spiro atoms. The Bertz CT molecular complexity index is 506. The third kappa shape index (κ3) is 3.41. The average molecular weight is 271 g/mol. The Morgan fingerprint density at radius 2 is 2.17 bits per heavy atom. The molecule has 0 aliphatic carbocycles. The Kier molecular flexibility index (Phi) is 4.25. The second-order valence-corrected chi connectivity index (χ2v) is 5.00. The van der Waals surface area contributed by atoms with E-state index in [9.17, 15) is 9.18 Å². The Morgan fingerprint density at radius 3 is 2.67 bits per heavy atom. The van der Waals surface area contributed by atoms with E-state index in [1.165, 1.54) is 6.20 Å². The summed E-state index contributed by atoms with van der Waals surface area (Å²) in [5.74, 6) is -2.85. The predicted octanol–water partition coefficient (Wildman–Crippen LogP) is 2.82. The standard InChI is InChI=1S/C12H12ClFN2O2/c1-12(2,3)18-11(17)7(4-15)8-5-16-6-9(14)10(8)13/h5-7H,1-3H3. The van der Waals surface area contributed by atoms with Gasteiger partial charge in [-0.3, -0.25) is 9.78 Å². The van der Waals surface area contributed by atoms with E-state index in [1.54, 1.807) is 26.8 Å². The van der Waals surface area contributed by atoms with Gasteiger partial charge in [-0.2, -0.15) is 5.26 Å². The number of carbonyl (C=O) groups excluding carboxylic acids is 1. The lowest BCUT2D eigenvalue weighted by atomic mass is 10.0. The highest BCUT2D eigenvalue weighted by Gasteiger charge is 2.29. The molecule has 0 saturated heterocycles. The van der Waals surface area contributed by atoms with Gasteiger partial charge in [-0.1, -0.05) is 11.6 Å². The van der Waals surface area contributed by atoms with Gasteiger partial charge in [-0.25, -0.2) is 4.39 Å². The number of halogens is 2. The molecule has 0 bridgehead atoms. The molecule has 1 aromatic heterocycles. The smallest absolute Gasteiger partial charge is 0.328 e. The molecule has 0 aliphatic heterocycles. The van der Waals surface area contributed by atoms with Gasteiger partial charge in [0.15, 0.2) is 11.7 Å². The quantitative estimate of drug-likeness (QED) is 0.775. The van der Waals surface area contributed by atoms with Crippen molar-refractivity contribution in [1.82, 2.24) is 4.98 Å². The maximum Gasteiger partial charge on any atom is 0.328 e. The van der Waals surface area contributed by atoms with E-state index in [0.717, 1.165) is 6.20 Å². The molecule has 0 aliphatic rings. The first-order valence-electron chi connectivity index (χ1n) is 5.17. The van der Waals surface area contributed by atoms with Crippen LogP contribution in [0.4, 0.5) is 4.39 Å². The summed E-state index contributed by atoms with van der Waals surface area (Å²) in [5.41, 5.74) is -0.729. The zero-order valence-corrected chi connectivity index (χ0v) is 11.0. The van der Waals surface area contributed by atoms with Crippen molar-refractivity contribution in [2.24, 2.45) is 0 Å². The van der Waals surface area contributed by atoms with E-state index >= 15 is 0 Å². The number of carbonyl (C=O) groups is 1. The molecule has 0 radical (unpaired) electrons. The molecule has 1 heterocycles. The van der Waals surface area contributed by atoms with Crippen molar-refractivity contribution in [1.29, 1.82) is 5.26 Å². The Balaban J connectivity index is 3.08. The number of pyridine rings is 1. The van der Waals surface area contributed by atoms with Crippen LogP contribution in [0.2, 0.25) is 5.02 Å². The predicted molar refractivity (Wildman–Crippen MR) is 63.4 cm³/mol. The first-order chi connectivity index (χ1) is 8.26. The van der Waals surface area contributed by atoms with Gasteiger partial charge in [0.25, 0.3) is 0 Å². The number of aromatic nitrogens is 1. The molecule has 0 amide bonds. The lowest BCUT2D eigenvalue weighted by Gasteiger charge is -2.21. The van der Waals surface area contributed by atoms with Gasteiger partial charge in [0, 0.05) is 11.8 Å². The van der Waals surface area contributed by atoms with E-state index in [0.29, 0.717) is 0 Å². The highest BCUT2D eigenvalue weighted by molar-refractivity contribution is 6.31. The maximum absolute atomic E-state index is 13.2. The second-order valence-electron chi connectivity index (χ2n) is 4.62. The van der Waals surface area contributed by atoms with Crippen LogP contribution in [-0.4, -0.2) is 16.6 Å². The van der Waals surface area contributed by atoms with Crippen LogP contribution in [0, 0.1) is 17.1 Å². The number of rotatable bonds is 2. The number of nitriles is 1. The monoisotopic (exact) mass is 270 g/mol. The summed E-state index contributed by atoms with van der Waals surface area (Å²) in [7, 11) is 0. The number of nitrogens with zero attached hydrogens (tertiary/aromatic N) is 2. The van der Waals surface area contributed by atoms with E-state index in [1.807, 2.05) is 0 Å². The minimum Gasteiger partial charge on any atom is -0.459 e. The lowest BCUT2D eigenvalue weighted by molar-refractivity contribution is -0.155. The Hall–Kier alpha value is -1.67. The first kappa shape index (κ1) is 14.4.